The van der Waals surface area contributed by atoms with Crippen molar-refractivity contribution in [3.8, 4) is 0 Å². The first kappa shape index (κ1) is 14.5. The average Bonchev–Trinajstić information content (AvgIpc) is 2.48. The molecule has 0 atom stereocenters. The second kappa shape index (κ2) is 6.47. The van der Waals surface area contributed by atoms with Gasteiger partial charge in [0.2, 0.25) is 5.91 Å². The Bertz CT molecular complexity index is 482. The largest absolute Gasteiger partial charge is 0.338 e. The Kier molecular flexibility index (Phi) is 4.68. The van der Waals surface area contributed by atoms with Gasteiger partial charge in [-0.05, 0) is 31.3 Å². The molecule has 0 radical (unpaired) electrons. The average molecular weight is 279 g/mol. The Morgan fingerprint density at radius 2 is 1.65 bits per heavy atom. The van der Waals surface area contributed by atoms with Gasteiger partial charge in [-0.3, -0.25) is 9.59 Å². The number of likely N-dealkylation sites (N-methyl/N-ethyl adjacent to an activating group) is 1. The molecule has 6 heteroatoms. The quantitative estimate of drug-likeness (QED) is 0.867. The molecule has 0 unspecified atom stereocenters. The number of hydrogen-bond acceptors (Lipinski definition) is 3. The van der Waals surface area contributed by atoms with Crippen LogP contribution in [-0.4, -0.2) is 61.4 Å². The van der Waals surface area contributed by atoms with E-state index in [0.29, 0.717) is 38.3 Å². The number of nitrogens with one attached hydrogen (secondary N) is 1. The summed E-state index contributed by atoms with van der Waals surface area (Å²) >= 11 is 0. The van der Waals surface area contributed by atoms with E-state index in [4.69, 9.17) is 0 Å². The first-order valence-electron chi connectivity index (χ1n) is 6.59. The molecule has 1 aliphatic rings. The molecule has 1 aromatic carbocycles. The fourth-order valence-corrected chi connectivity index (χ4v) is 2.20. The third-order valence-electron chi connectivity index (χ3n) is 3.34. The number of piperazine rings is 1. The molecule has 0 aliphatic carbocycles. The summed E-state index contributed by atoms with van der Waals surface area (Å²) in [5.74, 6) is -0.434. The zero-order valence-corrected chi connectivity index (χ0v) is 11.4. The van der Waals surface area contributed by atoms with Crippen LogP contribution in [-0.2, 0) is 4.79 Å². The van der Waals surface area contributed by atoms with E-state index in [2.05, 4.69) is 5.32 Å². The third kappa shape index (κ3) is 3.33. The highest BCUT2D eigenvalue weighted by Crippen LogP contribution is 2.10. The molecular weight excluding hydrogens is 261 g/mol. The fraction of sp³-hybridized carbons (Fsp3) is 0.429. The highest BCUT2D eigenvalue weighted by Gasteiger charge is 2.24. The summed E-state index contributed by atoms with van der Waals surface area (Å²) in [6.45, 7) is 2.39. The van der Waals surface area contributed by atoms with Gasteiger partial charge in [0.1, 0.15) is 5.82 Å². The highest BCUT2D eigenvalue weighted by molar-refractivity contribution is 5.94. The standard InChI is InChI=1S/C14H18FN3O2/c1-16-10-13(19)17-6-8-18(9-7-17)14(20)11-2-4-12(15)5-3-11/h2-5,16H,6-10H2,1H3. The summed E-state index contributed by atoms with van der Waals surface area (Å²) in [6, 6.07) is 5.52. The number of carbonyl (C=O) groups is 2. The Labute approximate surface area is 117 Å². The van der Waals surface area contributed by atoms with Crippen LogP contribution in [0.3, 0.4) is 0 Å². The number of hydrogen-bond donors (Lipinski definition) is 1. The first-order chi connectivity index (χ1) is 9.61. The van der Waals surface area contributed by atoms with Crippen molar-refractivity contribution in [1.82, 2.24) is 15.1 Å². The summed E-state index contributed by atoms with van der Waals surface area (Å²) in [5, 5.41) is 2.82. The fourth-order valence-electron chi connectivity index (χ4n) is 2.20. The van der Waals surface area contributed by atoms with Gasteiger partial charge >= 0.3 is 0 Å². The number of rotatable bonds is 3. The maximum absolute atomic E-state index is 12.8. The lowest BCUT2D eigenvalue weighted by molar-refractivity contribution is -0.131. The van der Waals surface area contributed by atoms with Crippen molar-refractivity contribution >= 4 is 11.8 Å². The molecule has 108 valence electrons. The van der Waals surface area contributed by atoms with E-state index < -0.39 is 0 Å². The van der Waals surface area contributed by atoms with Gasteiger partial charge in [-0.2, -0.15) is 0 Å². The number of nitrogens with zero attached hydrogens (tertiary/aromatic N) is 2. The van der Waals surface area contributed by atoms with Crippen LogP contribution in [0.5, 0.6) is 0 Å². The van der Waals surface area contributed by atoms with E-state index in [1.54, 1.807) is 16.8 Å². The first-order valence-corrected chi connectivity index (χ1v) is 6.59. The topological polar surface area (TPSA) is 52.7 Å². The highest BCUT2D eigenvalue weighted by atomic mass is 19.1. The molecule has 1 fully saturated rings. The molecule has 2 rings (SSSR count). The van der Waals surface area contributed by atoms with Crippen molar-refractivity contribution in [3.05, 3.63) is 35.6 Å². The van der Waals surface area contributed by atoms with Crippen LogP contribution >= 0.6 is 0 Å². The molecule has 2 amide bonds. The monoisotopic (exact) mass is 279 g/mol. The maximum Gasteiger partial charge on any atom is 0.253 e. The maximum atomic E-state index is 12.8. The normalized spacial score (nSPS) is 15.3. The smallest absolute Gasteiger partial charge is 0.253 e. The molecule has 0 aromatic heterocycles. The van der Waals surface area contributed by atoms with Crippen molar-refractivity contribution in [2.75, 3.05) is 39.8 Å². The summed E-state index contributed by atoms with van der Waals surface area (Å²) in [4.78, 5) is 27.3. The summed E-state index contributed by atoms with van der Waals surface area (Å²) < 4.78 is 12.8. The predicted molar refractivity (Wildman–Crippen MR) is 72.8 cm³/mol. The van der Waals surface area contributed by atoms with Gasteiger partial charge in [-0.15, -0.1) is 0 Å². The summed E-state index contributed by atoms with van der Waals surface area (Å²) in [5.41, 5.74) is 0.474. The number of amides is 2. The molecule has 0 spiro atoms. The SMILES string of the molecule is CNCC(=O)N1CCN(C(=O)c2ccc(F)cc2)CC1. The zero-order chi connectivity index (χ0) is 14.5. The van der Waals surface area contributed by atoms with Crippen LogP contribution in [0.1, 0.15) is 10.4 Å². The van der Waals surface area contributed by atoms with E-state index in [1.807, 2.05) is 0 Å². The van der Waals surface area contributed by atoms with Gasteiger partial charge < -0.3 is 15.1 Å². The number of benzene rings is 1. The second-order valence-electron chi connectivity index (χ2n) is 4.71. The molecule has 0 bridgehead atoms. The number of carbonyl (C=O) groups excluding carboxylic acids is 2. The van der Waals surface area contributed by atoms with Crippen LogP contribution in [0.4, 0.5) is 4.39 Å². The lowest BCUT2D eigenvalue weighted by Crippen LogP contribution is -2.52. The van der Waals surface area contributed by atoms with Crippen LogP contribution < -0.4 is 5.32 Å². The molecule has 1 saturated heterocycles. The van der Waals surface area contributed by atoms with Gasteiger partial charge in [0.05, 0.1) is 6.54 Å². The van der Waals surface area contributed by atoms with Gasteiger partial charge in [-0.25, -0.2) is 4.39 Å². The van der Waals surface area contributed by atoms with Crippen LogP contribution in [0.15, 0.2) is 24.3 Å². The minimum absolute atomic E-state index is 0.0429. The molecule has 1 N–H and O–H groups in total. The summed E-state index contributed by atoms with van der Waals surface area (Å²) in [7, 11) is 1.73. The van der Waals surface area contributed by atoms with Crippen molar-refractivity contribution in [1.29, 1.82) is 0 Å². The van der Waals surface area contributed by atoms with Gasteiger partial charge in [0.15, 0.2) is 0 Å². The molecule has 20 heavy (non-hydrogen) atoms. The molecular formula is C14H18FN3O2. The van der Waals surface area contributed by atoms with E-state index in [9.17, 15) is 14.0 Å². The van der Waals surface area contributed by atoms with E-state index in [1.165, 1.54) is 24.3 Å². The predicted octanol–water partition coefficient (Wildman–Crippen LogP) is 0.330. The van der Waals surface area contributed by atoms with Crippen molar-refractivity contribution < 1.29 is 14.0 Å². The van der Waals surface area contributed by atoms with Crippen molar-refractivity contribution in [2.45, 2.75) is 0 Å². The Hall–Kier alpha value is -1.95. The van der Waals surface area contributed by atoms with Crippen LogP contribution in [0.25, 0.3) is 0 Å². The van der Waals surface area contributed by atoms with Gasteiger partial charge in [0, 0.05) is 31.7 Å². The molecule has 5 nitrogen and oxygen atoms in total. The van der Waals surface area contributed by atoms with Crippen molar-refractivity contribution in [3.63, 3.8) is 0 Å². The van der Waals surface area contributed by atoms with Crippen molar-refractivity contribution in [2.24, 2.45) is 0 Å². The Morgan fingerprint density at radius 1 is 1.10 bits per heavy atom. The molecule has 1 aliphatic heterocycles. The third-order valence-corrected chi connectivity index (χ3v) is 3.34. The molecule has 0 saturated carbocycles. The zero-order valence-electron chi connectivity index (χ0n) is 11.4. The Balaban J connectivity index is 1.92. The Morgan fingerprint density at radius 3 is 2.20 bits per heavy atom. The second-order valence-corrected chi connectivity index (χ2v) is 4.71. The minimum Gasteiger partial charge on any atom is -0.338 e. The van der Waals surface area contributed by atoms with E-state index in [-0.39, 0.29) is 17.6 Å². The lowest BCUT2D eigenvalue weighted by Gasteiger charge is -2.34. The molecule has 1 aromatic rings. The lowest BCUT2D eigenvalue weighted by atomic mass is 10.2. The summed E-state index contributed by atoms with van der Waals surface area (Å²) in [6.07, 6.45) is 0. The van der Waals surface area contributed by atoms with Crippen LogP contribution in [0.2, 0.25) is 0 Å². The van der Waals surface area contributed by atoms with Gasteiger partial charge in [0.25, 0.3) is 5.91 Å². The molecule has 1 heterocycles. The number of halogens is 1. The van der Waals surface area contributed by atoms with Crippen LogP contribution in [0, 0.1) is 5.82 Å². The van der Waals surface area contributed by atoms with Gasteiger partial charge in [-0.1, -0.05) is 0 Å². The van der Waals surface area contributed by atoms with E-state index in [0.717, 1.165) is 0 Å². The minimum atomic E-state index is -0.357. The van der Waals surface area contributed by atoms with E-state index >= 15 is 0 Å².